The second kappa shape index (κ2) is 7.21. The number of ether oxygens (including phenoxy) is 2. The van der Waals surface area contributed by atoms with Crippen molar-refractivity contribution in [1.82, 2.24) is 4.90 Å². The molecule has 0 spiro atoms. The Morgan fingerprint density at radius 3 is 2.64 bits per heavy atom. The lowest BCUT2D eigenvalue weighted by Gasteiger charge is -2.20. The zero-order chi connectivity index (χ0) is 10.2. The molecule has 0 amide bonds. The Hall–Kier alpha value is -0.120. The summed E-state index contributed by atoms with van der Waals surface area (Å²) < 4.78 is 10.7. The Kier molecular flexibility index (Phi) is 6.15. The summed E-state index contributed by atoms with van der Waals surface area (Å²) in [5.41, 5.74) is 0. The van der Waals surface area contributed by atoms with E-state index in [1.807, 2.05) is 6.92 Å². The second-order valence-electron chi connectivity index (χ2n) is 3.84. The summed E-state index contributed by atoms with van der Waals surface area (Å²) >= 11 is 0. The lowest BCUT2D eigenvalue weighted by molar-refractivity contribution is 0.0421. The molecule has 1 saturated heterocycles. The largest absolute Gasteiger partial charge is 0.379 e. The topological polar surface area (TPSA) is 21.7 Å². The van der Waals surface area contributed by atoms with Gasteiger partial charge in [0.25, 0.3) is 0 Å². The molecule has 0 radical (unpaired) electrons. The van der Waals surface area contributed by atoms with Crippen molar-refractivity contribution in [2.75, 3.05) is 39.5 Å². The lowest BCUT2D eigenvalue weighted by Crippen LogP contribution is -2.30. The van der Waals surface area contributed by atoms with Crippen LogP contribution in [0.2, 0.25) is 0 Å². The quantitative estimate of drug-likeness (QED) is 0.583. The summed E-state index contributed by atoms with van der Waals surface area (Å²) in [7, 11) is 0. The van der Waals surface area contributed by atoms with Crippen LogP contribution in [0.4, 0.5) is 0 Å². The van der Waals surface area contributed by atoms with Gasteiger partial charge < -0.3 is 9.47 Å². The molecule has 0 aliphatic carbocycles. The van der Waals surface area contributed by atoms with Crippen LogP contribution in [0.3, 0.4) is 0 Å². The smallest absolute Gasteiger partial charge is 0.0701 e. The molecule has 1 aliphatic rings. The molecule has 0 saturated carbocycles. The summed E-state index contributed by atoms with van der Waals surface area (Å²) in [6, 6.07) is 0.755. The van der Waals surface area contributed by atoms with E-state index in [9.17, 15) is 0 Å². The molecular formula is C11H23NO2. The van der Waals surface area contributed by atoms with Crippen LogP contribution < -0.4 is 0 Å². The molecule has 3 nitrogen and oxygen atoms in total. The van der Waals surface area contributed by atoms with Crippen molar-refractivity contribution < 1.29 is 9.47 Å². The fraction of sp³-hybridized carbons (Fsp3) is 1.00. The van der Waals surface area contributed by atoms with Gasteiger partial charge >= 0.3 is 0 Å². The first-order chi connectivity index (χ1) is 6.84. The highest BCUT2D eigenvalue weighted by Crippen LogP contribution is 2.15. The van der Waals surface area contributed by atoms with Crippen LogP contribution in [-0.2, 0) is 9.47 Å². The maximum atomic E-state index is 5.48. The van der Waals surface area contributed by atoms with E-state index in [2.05, 4.69) is 11.8 Å². The van der Waals surface area contributed by atoms with E-state index in [1.165, 1.54) is 19.4 Å². The Morgan fingerprint density at radius 2 is 2.00 bits per heavy atom. The molecule has 1 fully saturated rings. The van der Waals surface area contributed by atoms with Crippen molar-refractivity contribution in [3.63, 3.8) is 0 Å². The highest BCUT2D eigenvalue weighted by atomic mass is 16.5. The number of hydrogen-bond donors (Lipinski definition) is 0. The van der Waals surface area contributed by atoms with Gasteiger partial charge in [-0.25, -0.2) is 0 Å². The molecule has 84 valence electrons. The van der Waals surface area contributed by atoms with Crippen LogP contribution in [-0.4, -0.2) is 50.5 Å². The summed E-state index contributed by atoms with van der Waals surface area (Å²) in [5.74, 6) is 0. The van der Waals surface area contributed by atoms with Crippen LogP contribution in [0, 0.1) is 0 Å². The molecule has 1 heterocycles. The molecule has 1 aliphatic heterocycles. The van der Waals surface area contributed by atoms with Gasteiger partial charge in [0.05, 0.1) is 19.8 Å². The van der Waals surface area contributed by atoms with Gasteiger partial charge in [-0.3, -0.25) is 4.90 Å². The first-order valence-electron chi connectivity index (χ1n) is 5.74. The van der Waals surface area contributed by atoms with Crippen molar-refractivity contribution >= 4 is 0 Å². The second-order valence-corrected chi connectivity index (χ2v) is 3.84. The average Bonchev–Trinajstić information content (AvgIpc) is 2.58. The zero-order valence-corrected chi connectivity index (χ0v) is 9.50. The maximum absolute atomic E-state index is 5.48. The van der Waals surface area contributed by atoms with Gasteiger partial charge in [-0.05, 0) is 33.2 Å². The van der Waals surface area contributed by atoms with E-state index in [1.54, 1.807) is 0 Å². The molecule has 0 aromatic carbocycles. The molecule has 0 unspecified atom stereocenters. The standard InChI is InChI=1S/C11H23NO2/c1-3-13-9-10-14-8-7-12-6-4-5-11(12)2/h11H,3-10H2,1-2H3/t11-/m1/s1. The SMILES string of the molecule is CCOCCOCCN1CCC[C@H]1C. The predicted octanol–water partition coefficient (Wildman–Crippen LogP) is 1.52. The predicted molar refractivity (Wildman–Crippen MR) is 57.6 cm³/mol. The molecular weight excluding hydrogens is 178 g/mol. The van der Waals surface area contributed by atoms with E-state index < -0.39 is 0 Å². The normalized spacial score (nSPS) is 23.1. The van der Waals surface area contributed by atoms with Gasteiger partial charge in [0, 0.05) is 19.2 Å². The van der Waals surface area contributed by atoms with E-state index >= 15 is 0 Å². The third kappa shape index (κ3) is 4.40. The lowest BCUT2D eigenvalue weighted by atomic mass is 10.2. The van der Waals surface area contributed by atoms with Gasteiger partial charge in [0.2, 0.25) is 0 Å². The molecule has 14 heavy (non-hydrogen) atoms. The molecule has 0 N–H and O–H groups in total. The van der Waals surface area contributed by atoms with Crippen LogP contribution in [0.1, 0.15) is 26.7 Å². The minimum absolute atomic E-state index is 0.728. The number of rotatable bonds is 7. The van der Waals surface area contributed by atoms with E-state index in [4.69, 9.17) is 9.47 Å². The van der Waals surface area contributed by atoms with Crippen molar-refractivity contribution in [3.05, 3.63) is 0 Å². The third-order valence-electron chi connectivity index (χ3n) is 2.79. The van der Waals surface area contributed by atoms with Gasteiger partial charge in [-0.1, -0.05) is 0 Å². The van der Waals surface area contributed by atoms with Crippen molar-refractivity contribution in [3.8, 4) is 0 Å². The Bertz CT molecular complexity index is 141. The van der Waals surface area contributed by atoms with E-state index in [0.29, 0.717) is 0 Å². The first kappa shape index (κ1) is 12.0. The number of likely N-dealkylation sites (tertiary alicyclic amines) is 1. The molecule has 0 aromatic heterocycles. The van der Waals surface area contributed by atoms with Crippen LogP contribution >= 0.6 is 0 Å². The van der Waals surface area contributed by atoms with Crippen LogP contribution in [0.25, 0.3) is 0 Å². The molecule has 0 aromatic rings. The minimum Gasteiger partial charge on any atom is -0.379 e. The minimum atomic E-state index is 0.728. The summed E-state index contributed by atoms with van der Waals surface area (Å²) in [5, 5.41) is 0. The maximum Gasteiger partial charge on any atom is 0.0701 e. The highest BCUT2D eigenvalue weighted by molar-refractivity contribution is 4.74. The highest BCUT2D eigenvalue weighted by Gasteiger charge is 2.18. The van der Waals surface area contributed by atoms with Crippen molar-refractivity contribution in [2.24, 2.45) is 0 Å². The van der Waals surface area contributed by atoms with Gasteiger partial charge in [-0.2, -0.15) is 0 Å². The molecule has 0 bridgehead atoms. The Balaban J connectivity index is 1.88. The van der Waals surface area contributed by atoms with Crippen molar-refractivity contribution in [1.29, 1.82) is 0 Å². The average molecular weight is 201 g/mol. The molecule has 3 heteroatoms. The van der Waals surface area contributed by atoms with Crippen LogP contribution in [0.15, 0.2) is 0 Å². The monoisotopic (exact) mass is 201 g/mol. The molecule has 1 atom stereocenters. The summed E-state index contributed by atoms with van der Waals surface area (Å²) in [4.78, 5) is 2.50. The zero-order valence-electron chi connectivity index (χ0n) is 9.50. The van der Waals surface area contributed by atoms with Crippen molar-refractivity contribution in [2.45, 2.75) is 32.7 Å². The Labute approximate surface area is 87.4 Å². The van der Waals surface area contributed by atoms with Gasteiger partial charge in [-0.15, -0.1) is 0 Å². The van der Waals surface area contributed by atoms with E-state index in [0.717, 1.165) is 39.0 Å². The summed E-state index contributed by atoms with van der Waals surface area (Å²) in [6.45, 7) is 9.72. The van der Waals surface area contributed by atoms with Crippen LogP contribution in [0.5, 0.6) is 0 Å². The number of hydrogen-bond acceptors (Lipinski definition) is 3. The Morgan fingerprint density at radius 1 is 1.21 bits per heavy atom. The van der Waals surface area contributed by atoms with E-state index in [-0.39, 0.29) is 0 Å². The fourth-order valence-corrected chi connectivity index (χ4v) is 1.87. The number of nitrogens with zero attached hydrogens (tertiary/aromatic N) is 1. The third-order valence-corrected chi connectivity index (χ3v) is 2.79. The fourth-order valence-electron chi connectivity index (χ4n) is 1.87. The summed E-state index contributed by atoms with van der Waals surface area (Å²) in [6.07, 6.45) is 2.69. The van der Waals surface area contributed by atoms with Gasteiger partial charge in [0.1, 0.15) is 0 Å². The van der Waals surface area contributed by atoms with Gasteiger partial charge in [0.15, 0.2) is 0 Å². The molecule has 1 rings (SSSR count). The first-order valence-corrected chi connectivity index (χ1v) is 5.74.